The van der Waals surface area contributed by atoms with Crippen LogP contribution in [0.2, 0.25) is 0 Å². The van der Waals surface area contributed by atoms with Crippen molar-refractivity contribution in [2.24, 2.45) is 11.8 Å². The molecular weight excluding hydrogens is 512 g/mol. The summed E-state index contributed by atoms with van der Waals surface area (Å²) >= 11 is 0. The lowest BCUT2D eigenvalue weighted by Crippen LogP contribution is -2.29. The fraction of sp³-hybridized carbons (Fsp3) is 0.241. The Morgan fingerprint density at radius 3 is 2.65 bits per heavy atom. The van der Waals surface area contributed by atoms with E-state index in [9.17, 15) is 14.9 Å². The fourth-order valence-electron chi connectivity index (χ4n) is 4.80. The molecule has 1 saturated heterocycles. The highest BCUT2D eigenvalue weighted by atomic mass is 16.6. The van der Waals surface area contributed by atoms with E-state index < -0.39 is 11.0 Å². The van der Waals surface area contributed by atoms with E-state index >= 15 is 0 Å². The lowest BCUT2D eigenvalue weighted by Gasteiger charge is -2.14. The zero-order valence-corrected chi connectivity index (χ0v) is 21.7. The number of rotatable bonds is 5. The van der Waals surface area contributed by atoms with Gasteiger partial charge in [-0.2, -0.15) is 0 Å². The molecule has 2 aliphatic rings. The standard InChI is InChI=1S/C29H24N6O5/c1-17-9-22(4-6-27(17)40-23-5-3-18(2)30-13-23)33-28-24-12-26(35(37)38)19(11-25(24)31-16-32-28)7-8-39-29(36)34-14-20-10-21(20)15-34/h3-6,9,11-13,16,20-21H,10,14-15H2,1-2H3,(H,31,32,33). The van der Waals surface area contributed by atoms with Crippen molar-refractivity contribution >= 4 is 34.2 Å². The number of anilines is 2. The first-order chi connectivity index (χ1) is 19.3. The Morgan fingerprint density at radius 2 is 1.93 bits per heavy atom. The number of amides is 1. The number of hydrogen-bond acceptors (Lipinski definition) is 9. The second-order valence-electron chi connectivity index (χ2n) is 9.96. The van der Waals surface area contributed by atoms with Gasteiger partial charge in [0.05, 0.1) is 16.6 Å². The Morgan fingerprint density at radius 1 is 1.10 bits per heavy atom. The van der Waals surface area contributed by atoms with Crippen molar-refractivity contribution < 1.29 is 19.2 Å². The number of carbonyl (C=O) groups is 1. The maximum Gasteiger partial charge on any atom is 0.423 e. The minimum atomic E-state index is -0.535. The largest absolute Gasteiger partial charge is 0.455 e. The summed E-state index contributed by atoms with van der Waals surface area (Å²) in [6, 6.07) is 12.1. The molecule has 200 valence electrons. The third-order valence-electron chi connectivity index (χ3n) is 7.06. The van der Waals surface area contributed by atoms with Gasteiger partial charge >= 0.3 is 6.09 Å². The molecule has 2 atom stereocenters. The first-order valence-corrected chi connectivity index (χ1v) is 12.7. The van der Waals surface area contributed by atoms with E-state index in [4.69, 9.17) is 9.47 Å². The number of piperidine rings is 1. The molecule has 0 radical (unpaired) electrons. The average Bonchev–Trinajstić information content (AvgIpc) is 3.55. The van der Waals surface area contributed by atoms with Crippen LogP contribution in [-0.4, -0.2) is 44.0 Å². The summed E-state index contributed by atoms with van der Waals surface area (Å²) in [5.74, 6) is 5.43. The van der Waals surface area contributed by atoms with Gasteiger partial charge in [-0.25, -0.2) is 14.8 Å². The summed E-state index contributed by atoms with van der Waals surface area (Å²) in [6.45, 7) is 5.17. The van der Waals surface area contributed by atoms with Crippen LogP contribution in [0.3, 0.4) is 0 Å². The number of likely N-dealkylation sites (tertiary alicyclic amines) is 1. The van der Waals surface area contributed by atoms with Crippen LogP contribution in [0.1, 0.15) is 23.2 Å². The first kappa shape index (κ1) is 25.1. The van der Waals surface area contributed by atoms with Gasteiger partial charge < -0.3 is 19.7 Å². The molecule has 6 rings (SSSR count). The Kier molecular flexibility index (Phi) is 6.36. The third kappa shape index (κ3) is 5.19. The predicted octanol–water partition coefficient (Wildman–Crippen LogP) is 5.48. The van der Waals surface area contributed by atoms with Gasteiger partial charge in [0.2, 0.25) is 0 Å². The van der Waals surface area contributed by atoms with Gasteiger partial charge in [-0.05, 0) is 80.0 Å². The first-order valence-electron chi connectivity index (χ1n) is 12.7. The summed E-state index contributed by atoms with van der Waals surface area (Å²) in [7, 11) is 0. The van der Waals surface area contributed by atoms with Gasteiger partial charge in [-0.15, -0.1) is 0 Å². The summed E-state index contributed by atoms with van der Waals surface area (Å²) < 4.78 is 11.0. The maximum atomic E-state index is 12.2. The number of pyridine rings is 1. The van der Waals surface area contributed by atoms with Crippen molar-refractivity contribution in [2.45, 2.75) is 20.3 Å². The number of aryl methyl sites for hydroxylation is 2. The van der Waals surface area contributed by atoms with E-state index in [-0.39, 0.29) is 11.3 Å². The Hall–Kier alpha value is -5.24. The molecule has 2 aromatic carbocycles. The number of benzene rings is 2. The van der Waals surface area contributed by atoms with Crippen LogP contribution in [0.15, 0.2) is 55.0 Å². The molecule has 11 heteroatoms. The number of carbonyl (C=O) groups excluding carboxylic acids is 1. The van der Waals surface area contributed by atoms with Crippen LogP contribution < -0.4 is 10.1 Å². The Balaban J connectivity index is 1.22. The zero-order valence-electron chi connectivity index (χ0n) is 21.7. The van der Waals surface area contributed by atoms with Crippen molar-refractivity contribution in [3.05, 3.63) is 81.9 Å². The molecule has 40 heavy (non-hydrogen) atoms. The smallest absolute Gasteiger partial charge is 0.423 e. The van der Waals surface area contributed by atoms with Crippen molar-refractivity contribution in [3.63, 3.8) is 0 Å². The number of nitro groups is 1. The van der Waals surface area contributed by atoms with Crippen molar-refractivity contribution in [1.82, 2.24) is 19.9 Å². The topological polar surface area (TPSA) is 133 Å². The number of ether oxygens (including phenoxy) is 2. The van der Waals surface area contributed by atoms with Crippen LogP contribution in [0.25, 0.3) is 10.9 Å². The van der Waals surface area contributed by atoms with Crippen LogP contribution in [0, 0.1) is 47.8 Å². The predicted molar refractivity (Wildman–Crippen MR) is 146 cm³/mol. The lowest BCUT2D eigenvalue weighted by molar-refractivity contribution is -0.385. The average molecular weight is 537 g/mol. The number of fused-ring (bicyclic) bond motifs is 2. The minimum Gasteiger partial charge on any atom is -0.455 e. The molecule has 1 N–H and O–H groups in total. The molecule has 3 heterocycles. The number of nitrogens with zero attached hydrogens (tertiary/aromatic N) is 5. The lowest BCUT2D eigenvalue weighted by atomic mass is 10.1. The molecule has 0 bridgehead atoms. The second-order valence-corrected chi connectivity index (χ2v) is 9.96. The highest BCUT2D eigenvalue weighted by Gasteiger charge is 2.47. The molecule has 11 nitrogen and oxygen atoms in total. The SMILES string of the molecule is Cc1ccc(Oc2ccc(Nc3ncnc4cc(C#COC(=O)N5CC6CC6C5)c([N+](=O)[O-])cc34)cc2C)cn1. The molecule has 2 fully saturated rings. The highest BCUT2D eigenvalue weighted by Crippen LogP contribution is 2.45. The van der Waals surface area contributed by atoms with Crippen molar-refractivity contribution in [3.8, 4) is 23.5 Å². The molecule has 4 aromatic rings. The van der Waals surface area contributed by atoms with Gasteiger partial charge in [-0.3, -0.25) is 15.1 Å². The van der Waals surface area contributed by atoms with Crippen molar-refractivity contribution in [2.75, 3.05) is 18.4 Å². The van der Waals surface area contributed by atoms with E-state index in [0.29, 0.717) is 58.8 Å². The Labute approximate surface area is 229 Å². The van der Waals surface area contributed by atoms with Crippen LogP contribution in [-0.2, 0) is 4.74 Å². The van der Waals surface area contributed by atoms with Crippen LogP contribution >= 0.6 is 0 Å². The summed E-state index contributed by atoms with van der Waals surface area (Å²) in [4.78, 5) is 38.0. The van der Waals surface area contributed by atoms with Gasteiger partial charge in [-0.1, -0.05) is 0 Å². The van der Waals surface area contributed by atoms with E-state index in [0.717, 1.165) is 17.7 Å². The molecule has 1 amide bonds. The zero-order chi connectivity index (χ0) is 27.8. The summed E-state index contributed by atoms with van der Waals surface area (Å²) in [5.41, 5.74) is 2.77. The highest BCUT2D eigenvalue weighted by molar-refractivity contribution is 5.93. The van der Waals surface area contributed by atoms with Gasteiger partial charge in [0.1, 0.15) is 35.3 Å². The summed E-state index contributed by atoms with van der Waals surface area (Å²) in [6.07, 6.45) is 5.99. The van der Waals surface area contributed by atoms with Crippen LogP contribution in [0.4, 0.5) is 22.0 Å². The number of hydrogen-bond donors (Lipinski definition) is 1. The second kappa shape index (κ2) is 10.1. The van der Waals surface area contributed by atoms with E-state index in [2.05, 4.69) is 32.3 Å². The molecular formula is C29H24N6O5. The fourth-order valence-corrected chi connectivity index (χ4v) is 4.80. The van der Waals surface area contributed by atoms with E-state index in [1.807, 2.05) is 44.2 Å². The number of nitro benzene ring substituents is 1. The van der Waals surface area contributed by atoms with Crippen molar-refractivity contribution in [1.29, 1.82) is 0 Å². The van der Waals surface area contributed by atoms with E-state index in [1.165, 1.54) is 18.5 Å². The molecule has 1 aliphatic heterocycles. The molecule has 2 aromatic heterocycles. The number of nitrogens with one attached hydrogen (secondary N) is 1. The molecule has 0 spiro atoms. The van der Waals surface area contributed by atoms with Gasteiger partial charge in [0.25, 0.3) is 5.69 Å². The van der Waals surface area contributed by atoms with E-state index in [1.54, 1.807) is 11.1 Å². The molecule has 2 unspecified atom stereocenters. The molecule has 1 aliphatic carbocycles. The number of aromatic nitrogens is 3. The molecule has 1 saturated carbocycles. The normalized spacial score (nSPS) is 17.0. The minimum absolute atomic E-state index is 0.0853. The monoisotopic (exact) mass is 536 g/mol. The van der Waals surface area contributed by atoms with Crippen LogP contribution in [0.5, 0.6) is 11.5 Å². The Bertz CT molecular complexity index is 1700. The maximum absolute atomic E-state index is 12.2. The summed E-state index contributed by atoms with van der Waals surface area (Å²) in [5, 5.41) is 15.5. The quantitative estimate of drug-likeness (QED) is 0.200. The van der Waals surface area contributed by atoms with Gasteiger partial charge in [0, 0.05) is 35.9 Å². The third-order valence-corrected chi connectivity index (χ3v) is 7.06. The van der Waals surface area contributed by atoms with Gasteiger partial charge in [0.15, 0.2) is 0 Å².